The number of hydrogen-bond donors (Lipinski definition) is 1. The third kappa shape index (κ3) is 4.13. The van der Waals surface area contributed by atoms with Crippen molar-refractivity contribution in [1.82, 2.24) is 5.32 Å². The second-order valence-electron chi connectivity index (χ2n) is 3.02. The summed E-state index contributed by atoms with van der Waals surface area (Å²) in [6.45, 7) is 0.548. The molecule has 0 aliphatic heterocycles. The summed E-state index contributed by atoms with van der Waals surface area (Å²) in [5, 5.41) is 11.1. The highest BCUT2D eigenvalue weighted by Gasteiger charge is 2.11. The van der Waals surface area contributed by atoms with Crippen molar-refractivity contribution in [1.29, 1.82) is 5.26 Å². The van der Waals surface area contributed by atoms with Gasteiger partial charge in [0.15, 0.2) is 4.83 Å². The van der Waals surface area contributed by atoms with E-state index in [1.807, 2.05) is 36.4 Å². The van der Waals surface area contributed by atoms with Crippen LogP contribution in [0, 0.1) is 11.3 Å². The summed E-state index contributed by atoms with van der Waals surface area (Å²) in [4.78, 5) is 10.4. The van der Waals surface area contributed by atoms with E-state index in [1.165, 1.54) is 5.56 Å². The van der Waals surface area contributed by atoms with Crippen molar-refractivity contribution in [2.75, 3.05) is 6.54 Å². The Hall–Kier alpha value is -1.34. The molecule has 1 rings (SSSR count). The number of carbonyl (C=O) groups excluding carboxylic acids is 1. The smallest absolute Gasteiger partial charge is 0.248 e. The fourth-order valence-electron chi connectivity index (χ4n) is 1.12. The summed E-state index contributed by atoms with van der Waals surface area (Å²) < 4.78 is 0. The van der Waals surface area contributed by atoms with Gasteiger partial charge in [0.25, 0.3) is 0 Å². The molecule has 0 radical (unpaired) electrons. The van der Waals surface area contributed by atoms with Gasteiger partial charge in [-0.25, -0.2) is 0 Å². The van der Waals surface area contributed by atoms with Crippen LogP contribution in [0.25, 0.3) is 0 Å². The van der Waals surface area contributed by atoms with Gasteiger partial charge in [-0.05, 0) is 12.0 Å². The maximum atomic E-state index is 11.2. The standard InChI is InChI=1S/C11H11BrN2O/c12-10(8-13)11(15)14-7-6-9-4-2-1-3-5-9/h1-5,10H,6-7H2,(H,14,15). The maximum absolute atomic E-state index is 11.2. The van der Waals surface area contributed by atoms with Crippen LogP contribution in [0.1, 0.15) is 5.56 Å². The van der Waals surface area contributed by atoms with Crippen molar-refractivity contribution in [3.8, 4) is 6.07 Å². The number of nitrogens with one attached hydrogen (secondary N) is 1. The van der Waals surface area contributed by atoms with Crippen LogP contribution < -0.4 is 5.32 Å². The van der Waals surface area contributed by atoms with E-state index in [9.17, 15) is 4.79 Å². The molecule has 0 fully saturated rings. The van der Waals surface area contributed by atoms with Crippen LogP contribution in [0.3, 0.4) is 0 Å². The van der Waals surface area contributed by atoms with Gasteiger partial charge in [0, 0.05) is 6.54 Å². The molecule has 1 aromatic carbocycles. The van der Waals surface area contributed by atoms with Crippen LogP contribution in [0.5, 0.6) is 0 Å². The van der Waals surface area contributed by atoms with Crippen LogP contribution in [-0.2, 0) is 11.2 Å². The van der Waals surface area contributed by atoms with E-state index in [4.69, 9.17) is 5.26 Å². The van der Waals surface area contributed by atoms with Crippen molar-refractivity contribution in [2.24, 2.45) is 0 Å². The first-order valence-electron chi connectivity index (χ1n) is 4.59. The molecule has 0 heterocycles. The van der Waals surface area contributed by atoms with Crippen molar-refractivity contribution in [3.63, 3.8) is 0 Å². The number of nitriles is 1. The number of alkyl halides is 1. The Labute approximate surface area is 97.2 Å². The van der Waals surface area contributed by atoms with E-state index in [1.54, 1.807) is 0 Å². The number of nitrogens with zero attached hydrogens (tertiary/aromatic N) is 1. The molecular formula is C11H11BrN2O. The van der Waals surface area contributed by atoms with Crippen LogP contribution in [0.4, 0.5) is 0 Å². The molecular weight excluding hydrogens is 256 g/mol. The maximum Gasteiger partial charge on any atom is 0.248 e. The van der Waals surface area contributed by atoms with Crippen LogP contribution in [-0.4, -0.2) is 17.3 Å². The van der Waals surface area contributed by atoms with Gasteiger partial charge >= 0.3 is 0 Å². The highest BCUT2D eigenvalue weighted by atomic mass is 79.9. The zero-order valence-corrected chi connectivity index (χ0v) is 9.70. The highest BCUT2D eigenvalue weighted by molar-refractivity contribution is 9.10. The summed E-state index contributed by atoms with van der Waals surface area (Å²) in [6.07, 6.45) is 0.776. The Morgan fingerprint density at radius 1 is 1.47 bits per heavy atom. The lowest BCUT2D eigenvalue weighted by molar-refractivity contribution is -0.119. The van der Waals surface area contributed by atoms with Gasteiger partial charge in [0.1, 0.15) is 0 Å². The molecule has 0 spiro atoms. The highest BCUT2D eigenvalue weighted by Crippen LogP contribution is 1.99. The molecule has 0 aliphatic carbocycles. The predicted molar refractivity (Wildman–Crippen MR) is 61.5 cm³/mol. The summed E-state index contributed by atoms with van der Waals surface area (Å²) >= 11 is 2.96. The van der Waals surface area contributed by atoms with Crippen molar-refractivity contribution >= 4 is 21.8 Å². The van der Waals surface area contributed by atoms with Crippen molar-refractivity contribution < 1.29 is 4.79 Å². The Bertz CT molecular complexity index is 359. The average molecular weight is 267 g/mol. The van der Waals surface area contributed by atoms with Crippen LogP contribution >= 0.6 is 15.9 Å². The topological polar surface area (TPSA) is 52.9 Å². The van der Waals surface area contributed by atoms with Gasteiger partial charge in [-0.2, -0.15) is 5.26 Å². The number of hydrogen-bond acceptors (Lipinski definition) is 2. The molecule has 4 heteroatoms. The molecule has 78 valence electrons. The SMILES string of the molecule is N#CC(Br)C(=O)NCCc1ccccc1. The number of benzene rings is 1. The fraction of sp³-hybridized carbons (Fsp3) is 0.273. The minimum absolute atomic E-state index is 0.284. The molecule has 0 aromatic heterocycles. The Balaban J connectivity index is 2.29. The van der Waals surface area contributed by atoms with Crippen molar-refractivity contribution in [2.45, 2.75) is 11.2 Å². The number of rotatable bonds is 4. The van der Waals surface area contributed by atoms with Crippen molar-refractivity contribution in [3.05, 3.63) is 35.9 Å². The normalized spacial score (nSPS) is 11.5. The molecule has 0 saturated carbocycles. The van der Waals surface area contributed by atoms with Gasteiger partial charge in [-0.15, -0.1) is 0 Å². The Kier molecular flexibility index (Phi) is 4.85. The quantitative estimate of drug-likeness (QED) is 0.843. The van der Waals surface area contributed by atoms with Gasteiger partial charge < -0.3 is 5.32 Å². The lowest BCUT2D eigenvalue weighted by Crippen LogP contribution is -2.31. The van der Waals surface area contributed by atoms with Gasteiger partial charge in [-0.3, -0.25) is 4.79 Å². The minimum atomic E-state index is -0.756. The first kappa shape index (κ1) is 11.7. The average Bonchev–Trinajstić information content (AvgIpc) is 2.29. The summed E-state index contributed by atoms with van der Waals surface area (Å²) in [5.41, 5.74) is 1.17. The lowest BCUT2D eigenvalue weighted by atomic mass is 10.1. The number of amides is 1. The molecule has 1 amide bonds. The molecule has 0 bridgehead atoms. The molecule has 15 heavy (non-hydrogen) atoms. The summed E-state index contributed by atoms with van der Waals surface area (Å²) in [5.74, 6) is -0.284. The van der Waals surface area contributed by atoms with E-state index in [-0.39, 0.29) is 5.91 Å². The molecule has 1 N–H and O–H groups in total. The predicted octanol–water partition coefficient (Wildman–Crippen LogP) is 1.63. The molecule has 3 nitrogen and oxygen atoms in total. The lowest BCUT2D eigenvalue weighted by Gasteiger charge is -2.04. The Morgan fingerprint density at radius 3 is 2.73 bits per heavy atom. The van der Waals surface area contributed by atoms with E-state index < -0.39 is 4.83 Å². The summed E-state index contributed by atoms with van der Waals surface area (Å²) in [7, 11) is 0. The Morgan fingerprint density at radius 2 is 2.13 bits per heavy atom. The zero-order valence-electron chi connectivity index (χ0n) is 8.11. The molecule has 1 unspecified atom stereocenters. The van der Waals surface area contributed by atoms with Gasteiger partial charge in [0.05, 0.1) is 6.07 Å². The first-order chi connectivity index (χ1) is 7.24. The molecule has 1 aromatic rings. The second kappa shape index (κ2) is 6.20. The number of carbonyl (C=O) groups is 1. The third-order valence-corrected chi connectivity index (χ3v) is 2.52. The molecule has 0 aliphatic rings. The minimum Gasteiger partial charge on any atom is -0.354 e. The number of halogens is 1. The monoisotopic (exact) mass is 266 g/mol. The van der Waals surface area contributed by atoms with Crippen LogP contribution in [0.2, 0.25) is 0 Å². The third-order valence-electron chi connectivity index (χ3n) is 1.90. The van der Waals surface area contributed by atoms with E-state index in [2.05, 4.69) is 21.2 Å². The van der Waals surface area contributed by atoms with E-state index >= 15 is 0 Å². The van der Waals surface area contributed by atoms with Gasteiger partial charge in [-0.1, -0.05) is 46.3 Å². The molecule has 0 saturated heterocycles. The fourth-order valence-corrected chi connectivity index (χ4v) is 1.28. The zero-order chi connectivity index (χ0) is 11.1. The largest absolute Gasteiger partial charge is 0.354 e. The van der Waals surface area contributed by atoms with E-state index in [0.717, 1.165) is 6.42 Å². The first-order valence-corrected chi connectivity index (χ1v) is 5.51. The second-order valence-corrected chi connectivity index (χ2v) is 3.93. The van der Waals surface area contributed by atoms with E-state index in [0.29, 0.717) is 6.54 Å². The van der Waals surface area contributed by atoms with Gasteiger partial charge in [0.2, 0.25) is 5.91 Å². The van der Waals surface area contributed by atoms with Crippen LogP contribution in [0.15, 0.2) is 30.3 Å². The molecule has 1 atom stereocenters. The summed E-state index contributed by atoms with van der Waals surface area (Å²) in [6, 6.07) is 11.7.